The second-order valence-corrected chi connectivity index (χ2v) is 4.27. The summed E-state index contributed by atoms with van der Waals surface area (Å²) in [6.45, 7) is 5.19. The first-order valence-corrected chi connectivity index (χ1v) is 6.71. The average Bonchev–Trinajstić information content (AvgIpc) is 2.49. The monoisotopic (exact) mass is 265 g/mol. The second-order valence-electron chi connectivity index (χ2n) is 4.27. The largest absolute Gasteiger partial charge is 0.339 e. The van der Waals surface area contributed by atoms with E-state index in [0.717, 1.165) is 19.1 Å². The Labute approximate surface area is 113 Å². The van der Waals surface area contributed by atoms with Crippen molar-refractivity contribution in [2.24, 2.45) is 5.92 Å². The van der Waals surface area contributed by atoms with Crippen LogP contribution in [-0.2, 0) is 4.79 Å². The van der Waals surface area contributed by atoms with Gasteiger partial charge in [-0.15, -0.1) is 0 Å². The Morgan fingerprint density at radius 3 is 2.21 bits per heavy atom. The SMILES string of the molecule is CC.O=CC1CCN(C(=O)c2ccc(F)cc2)CC1. The number of hydrogen-bond donors (Lipinski definition) is 0. The zero-order valence-electron chi connectivity index (χ0n) is 11.4. The number of benzene rings is 1. The fourth-order valence-corrected chi connectivity index (χ4v) is 2.01. The van der Waals surface area contributed by atoms with Gasteiger partial charge in [-0.2, -0.15) is 0 Å². The Bertz CT molecular complexity index is 409. The molecule has 3 nitrogen and oxygen atoms in total. The van der Waals surface area contributed by atoms with Crippen molar-refractivity contribution < 1.29 is 14.0 Å². The van der Waals surface area contributed by atoms with E-state index in [4.69, 9.17) is 0 Å². The highest BCUT2D eigenvalue weighted by Crippen LogP contribution is 2.17. The van der Waals surface area contributed by atoms with Gasteiger partial charge in [-0.05, 0) is 37.1 Å². The molecule has 0 bridgehead atoms. The molecule has 4 heteroatoms. The number of rotatable bonds is 2. The molecule has 2 rings (SSSR count). The molecule has 1 saturated heterocycles. The van der Waals surface area contributed by atoms with E-state index in [-0.39, 0.29) is 17.6 Å². The average molecular weight is 265 g/mol. The maximum Gasteiger partial charge on any atom is 0.253 e. The van der Waals surface area contributed by atoms with Crippen LogP contribution in [-0.4, -0.2) is 30.2 Å². The molecular weight excluding hydrogens is 245 g/mol. The Kier molecular flexibility index (Phi) is 6.19. The van der Waals surface area contributed by atoms with Crippen molar-refractivity contribution in [3.05, 3.63) is 35.6 Å². The lowest BCUT2D eigenvalue weighted by Crippen LogP contribution is -2.38. The number of carbonyl (C=O) groups is 2. The van der Waals surface area contributed by atoms with Gasteiger partial charge in [0, 0.05) is 24.6 Å². The van der Waals surface area contributed by atoms with E-state index in [9.17, 15) is 14.0 Å². The van der Waals surface area contributed by atoms with Crippen LogP contribution in [0.4, 0.5) is 4.39 Å². The van der Waals surface area contributed by atoms with Gasteiger partial charge in [0.1, 0.15) is 12.1 Å². The molecule has 0 aliphatic carbocycles. The highest BCUT2D eigenvalue weighted by molar-refractivity contribution is 5.94. The van der Waals surface area contributed by atoms with Gasteiger partial charge in [-0.25, -0.2) is 4.39 Å². The maximum absolute atomic E-state index is 12.7. The van der Waals surface area contributed by atoms with Crippen LogP contribution < -0.4 is 0 Å². The number of halogens is 1. The number of carbonyl (C=O) groups excluding carboxylic acids is 2. The molecule has 104 valence electrons. The van der Waals surface area contributed by atoms with Crippen LogP contribution in [0.1, 0.15) is 37.0 Å². The van der Waals surface area contributed by atoms with Crippen LogP contribution >= 0.6 is 0 Å². The first kappa shape index (κ1) is 15.3. The minimum atomic E-state index is -0.346. The van der Waals surface area contributed by atoms with Gasteiger partial charge in [0.25, 0.3) is 5.91 Å². The van der Waals surface area contributed by atoms with Crippen molar-refractivity contribution in [1.29, 1.82) is 0 Å². The van der Waals surface area contributed by atoms with Crippen LogP contribution in [0.2, 0.25) is 0 Å². The van der Waals surface area contributed by atoms with Gasteiger partial charge in [-0.1, -0.05) is 13.8 Å². The molecule has 1 aliphatic heterocycles. The number of amides is 1. The summed E-state index contributed by atoms with van der Waals surface area (Å²) in [6.07, 6.45) is 2.40. The highest BCUT2D eigenvalue weighted by atomic mass is 19.1. The molecule has 0 saturated carbocycles. The van der Waals surface area contributed by atoms with Crippen molar-refractivity contribution in [2.75, 3.05) is 13.1 Å². The lowest BCUT2D eigenvalue weighted by Gasteiger charge is -2.29. The number of likely N-dealkylation sites (tertiary alicyclic amines) is 1. The van der Waals surface area contributed by atoms with Crippen LogP contribution in [0.5, 0.6) is 0 Å². The second kappa shape index (κ2) is 7.67. The van der Waals surface area contributed by atoms with Crippen LogP contribution in [0.25, 0.3) is 0 Å². The Balaban J connectivity index is 0.000000861. The molecule has 0 N–H and O–H groups in total. The van der Waals surface area contributed by atoms with Gasteiger partial charge < -0.3 is 9.69 Å². The van der Waals surface area contributed by atoms with E-state index < -0.39 is 0 Å². The molecule has 1 aromatic carbocycles. The van der Waals surface area contributed by atoms with Crippen molar-refractivity contribution in [3.8, 4) is 0 Å². The highest BCUT2D eigenvalue weighted by Gasteiger charge is 2.23. The standard InChI is InChI=1S/C13H14FNO2.C2H6/c14-12-3-1-11(2-4-12)13(17)15-7-5-10(9-16)6-8-15;1-2/h1-4,9-10H,5-8H2;1-2H3. The first-order chi connectivity index (χ1) is 9.20. The summed E-state index contributed by atoms with van der Waals surface area (Å²) < 4.78 is 12.7. The van der Waals surface area contributed by atoms with Crippen molar-refractivity contribution in [2.45, 2.75) is 26.7 Å². The van der Waals surface area contributed by atoms with Gasteiger partial charge in [-0.3, -0.25) is 4.79 Å². The molecule has 0 spiro atoms. The summed E-state index contributed by atoms with van der Waals surface area (Å²) in [5, 5.41) is 0. The van der Waals surface area contributed by atoms with Crippen molar-refractivity contribution >= 4 is 12.2 Å². The topological polar surface area (TPSA) is 37.4 Å². The summed E-state index contributed by atoms with van der Waals surface area (Å²) in [6, 6.07) is 5.55. The minimum absolute atomic E-state index is 0.0762. The molecular formula is C15H20FNO2. The molecule has 0 atom stereocenters. The predicted octanol–water partition coefficient (Wildman–Crippen LogP) is 2.90. The number of piperidine rings is 1. The maximum atomic E-state index is 12.7. The Morgan fingerprint density at radius 1 is 1.21 bits per heavy atom. The molecule has 19 heavy (non-hydrogen) atoms. The summed E-state index contributed by atoms with van der Waals surface area (Å²) in [7, 11) is 0. The first-order valence-electron chi connectivity index (χ1n) is 6.71. The number of aldehydes is 1. The normalized spacial score (nSPS) is 15.4. The van der Waals surface area contributed by atoms with Crippen molar-refractivity contribution in [1.82, 2.24) is 4.90 Å². The minimum Gasteiger partial charge on any atom is -0.339 e. The lowest BCUT2D eigenvalue weighted by molar-refractivity contribution is -0.112. The van der Waals surface area contributed by atoms with E-state index in [1.54, 1.807) is 4.90 Å². The lowest BCUT2D eigenvalue weighted by atomic mass is 9.98. The predicted molar refractivity (Wildman–Crippen MR) is 72.4 cm³/mol. The third-order valence-electron chi connectivity index (χ3n) is 3.11. The van der Waals surface area contributed by atoms with Gasteiger partial charge >= 0.3 is 0 Å². The number of hydrogen-bond acceptors (Lipinski definition) is 2. The van der Waals surface area contributed by atoms with Crippen LogP contribution in [0.3, 0.4) is 0 Å². The fourth-order valence-electron chi connectivity index (χ4n) is 2.01. The van der Waals surface area contributed by atoms with Crippen LogP contribution in [0.15, 0.2) is 24.3 Å². The van der Waals surface area contributed by atoms with Gasteiger partial charge in [0.2, 0.25) is 0 Å². The molecule has 0 aromatic heterocycles. The van der Waals surface area contributed by atoms with E-state index in [0.29, 0.717) is 18.7 Å². The van der Waals surface area contributed by atoms with Crippen molar-refractivity contribution in [3.63, 3.8) is 0 Å². The van der Waals surface area contributed by atoms with Crippen LogP contribution in [0, 0.1) is 11.7 Å². The van der Waals surface area contributed by atoms with Gasteiger partial charge in [0.15, 0.2) is 0 Å². The summed E-state index contributed by atoms with van der Waals surface area (Å²) >= 11 is 0. The zero-order chi connectivity index (χ0) is 14.3. The molecule has 1 heterocycles. The summed E-state index contributed by atoms with van der Waals surface area (Å²) in [5.41, 5.74) is 0.496. The van der Waals surface area contributed by atoms with E-state index in [2.05, 4.69) is 0 Å². The molecule has 1 aliphatic rings. The summed E-state index contributed by atoms with van der Waals surface area (Å²) in [5.74, 6) is -0.358. The van der Waals surface area contributed by atoms with Gasteiger partial charge in [0.05, 0.1) is 0 Å². The zero-order valence-corrected chi connectivity index (χ0v) is 11.4. The quantitative estimate of drug-likeness (QED) is 0.771. The molecule has 1 aromatic rings. The third-order valence-corrected chi connectivity index (χ3v) is 3.11. The molecule has 1 fully saturated rings. The van der Waals surface area contributed by atoms with E-state index in [1.165, 1.54) is 24.3 Å². The molecule has 0 unspecified atom stereocenters. The fraction of sp³-hybridized carbons (Fsp3) is 0.467. The van der Waals surface area contributed by atoms with E-state index >= 15 is 0 Å². The third kappa shape index (κ3) is 4.16. The summed E-state index contributed by atoms with van der Waals surface area (Å²) in [4.78, 5) is 24.3. The Morgan fingerprint density at radius 2 is 1.74 bits per heavy atom. The number of nitrogens with zero attached hydrogens (tertiary/aromatic N) is 1. The Hall–Kier alpha value is -1.71. The smallest absolute Gasteiger partial charge is 0.253 e. The molecule has 1 amide bonds. The van der Waals surface area contributed by atoms with E-state index in [1.807, 2.05) is 13.8 Å². The molecule has 0 radical (unpaired) electrons.